The molecule has 0 fully saturated rings. The van der Waals surface area contributed by atoms with Gasteiger partial charge in [0.1, 0.15) is 19.3 Å². The fourth-order valence-electron chi connectivity index (χ4n) is 6.87. The second-order valence-corrected chi connectivity index (χ2v) is 20.1. The van der Waals surface area contributed by atoms with E-state index in [1.807, 2.05) is 33.3 Å². The van der Waals surface area contributed by atoms with E-state index in [0.29, 0.717) is 23.9 Å². The Balaban J connectivity index is 5.53. The number of ether oxygens (including phenoxy) is 1. The minimum Gasteiger partial charge on any atom is -0.456 e. The lowest BCUT2D eigenvalue weighted by Crippen LogP contribution is -2.47. The first-order valence-corrected chi connectivity index (χ1v) is 28.2. The molecule has 0 aromatic carbocycles. The quantitative estimate of drug-likeness (QED) is 0.0205. The second-order valence-electron chi connectivity index (χ2n) is 18.6. The zero-order chi connectivity index (χ0) is 50.1. The molecule has 0 aliphatic heterocycles. The van der Waals surface area contributed by atoms with Gasteiger partial charge in [0.15, 0.2) is 0 Å². The van der Waals surface area contributed by atoms with Crippen molar-refractivity contribution in [2.75, 3.05) is 40.9 Å². The van der Waals surface area contributed by atoms with Gasteiger partial charge >= 0.3 is 13.8 Å². The van der Waals surface area contributed by atoms with Crippen molar-refractivity contribution in [1.29, 1.82) is 0 Å². The number of likely N-dealkylation sites (N-methyl/N-ethyl adjacent to an activating group) is 1. The number of hydrogen-bond donors (Lipinski definition) is 2. The highest BCUT2D eigenvalue weighted by molar-refractivity contribution is 7.47. The fourth-order valence-corrected chi connectivity index (χ4v) is 7.61. The predicted molar refractivity (Wildman–Crippen MR) is 290 cm³/mol. The Morgan fingerprint density at radius 1 is 0.529 bits per heavy atom. The Hall–Kier alpha value is -3.33. The zero-order valence-corrected chi connectivity index (χ0v) is 44.9. The van der Waals surface area contributed by atoms with Crippen LogP contribution < -0.4 is 5.32 Å². The van der Waals surface area contributed by atoms with Gasteiger partial charge in [0.25, 0.3) is 0 Å². The first-order chi connectivity index (χ1) is 32.9. The molecular weight excluding hydrogens is 868 g/mol. The first-order valence-electron chi connectivity index (χ1n) is 26.7. The average Bonchev–Trinajstić information content (AvgIpc) is 3.29. The Labute approximate surface area is 417 Å². The molecule has 0 aromatic heterocycles. The molecule has 1 amide bonds. The summed E-state index contributed by atoms with van der Waals surface area (Å²) in [7, 11) is 1.43. The number of nitrogens with one attached hydrogen (secondary N) is 1. The Bertz CT molecular complexity index is 1530. The van der Waals surface area contributed by atoms with Crippen molar-refractivity contribution in [2.24, 2.45) is 0 Å². The summed E-state index contributed by atoms with van der Waals surface area (Å²) in [5.41, 5.74) is 0. The monoisotopic (exact) mass is 968 g/mol. The molecule has 3 atom stereocenters. The van der Waals surface area contributed by atoms with Gasteiger partial charge in [0.05, 0.1) is 33.8 Å². The van der Waals surface area contributed by atoms with Gasteiger partial charge in [-0.15, -0.1) is 0 Å². The van der Waals surface area contributed by atoms with Crippen LogP contribution in [-0.2, 0) is 27.9 Å². The molecule has 0 aliphatic rings. The number of amides is 1. The number of phosphoric acid groups is 1. The third kappa shape index (κ3) is 47.7. The van der Waals surface area contributed by atoms with Crippen LogP contribution in [-0.4, -0.2) is 74.3 Å². The molecule has 0 aliphatic carbocycles. The van der Waals surface area contributed by atoms with Crippen LogP contribution in [0.5, 0.6) is 0 Å². The minimum atomic E-state index is -4.47. The van der Waals surface area contributed by atoms with E-state index in [-0.39, 0.29) is 37.9 Å². The van der Waals surface area contributed by atoms with E-state index in [1.54, 1.807) is 0 Å². The lowest BCUT2D eigenvalue weighted by atomic mass is 10.1. The molecule has 10 heteroatoms. The number of rotatable bonds is 46. The lowest BCUT2D eigenvalue weighted by molar-refractivity contribution is -0.870. The number of esters is 1. The SMILES string of the molecule is CC/C=C\C/C=C\C/C=C\C/C=C\C/C=C\CCCC(=O)NC(COP(=O)(O)OCC[N+](C)(C)C)C(/C=C/CCCCCCCCCCC)OC(=O)CCCCCC/C=C/C/C=C/C/C=C/CC. The summed E-state index contributed by atoms with van der Waals surface area (Å²) < 4.78 is 30.5. The van der Waals surface area contributed by atoms with Gasteiger partial charge < -0.3 is 19.4 Å². The molecular formula is C58H100N2O7P+. The van der Waals surface area contributed by atoms with Crippen LogP contribution in [0.2, 0.25) is 0 Å². The molecule has 9 nitrogen and oxygen atoms in total. The number of quaternary nitrogens is 1. The molecule has 0 aromatic rings. The molecule has 2 N–H and O–H groups in total. The van der Waals surface area contributed by atoms with Crippen LogP contribution in [0.25, 0.3) is 0 Å². The van der Waals surface area contributed by atoms with Crippen molar-refractivity contribution in [3.8, 4) is 0 Å². The topological polar surface area (TPSA) is 111 Å². The highest BCUT2D eigenvalue weighted by atomic mass is 31.2. The van der Waals surface area contributed by atoms with Crippen LogP contribution in [0.4, 0.5) is 0 Å². The van der Waals surface area contributed by atoms with Gasteiger partial charge in [-0.3, -0.25) is 18.6 Å². The van der Waals surface area contributed by atoms with Crippen LogP contribution >= 0.6 is 7.82 Å². The van der Waals surface area contributed by atoms with Crippen molar-refractivity contribution >= 4 is 19.7 Å². The van der Waals surface area contributed by atoms with Crippen molar-refractivity contribution < 1.29 is 37.3 Å². The predicted octanol–water partition coefficient (Wildman–Crippen LogP) is 15.8. The van der Waals surface area contributed by atoms with E-state index in [1.165, 1.54) is 44.9 Å². The number of phosphoric ester groups is 1. The van der Waals surface area contributed by atoms with Crippen LogP contribution in [0.15, 0.2) is 109 Å². The lowest BCUT2D eigenvalue weighted by Gasteiger charge is -2.27. The van der Waals surface area contributed by atoms with Gasteiger partial charge in [-0.1, -0.05) is 188 Å². The van der Waals surface area contributed by atoms with E-state index >= 15 is 0 Å². The maximum atomic E-state index is 13.4. The maximum Gasteiger partial charge on any atom is 0.472 e. The van der Waals surface area contributed by atoms with E-state index in [0.717, 1.165) is 103 Å². The normalized spacial score (nSPS) is 14.8. The molecule has 388 valence electrons. The number of nitrogens with zero attached hydrogens (tertiary/aromatic N) is 1. The van der Waals surface area contributed by atoms with Crippen LogP contribution in [0, 0.1) is 0 Å². The molecule has 0 spiro atoms. The highest BCUT2D eigenvalue weighted by Gasteiger charge is 2.30. The summed E-state index contributed by atoms with van der Waals surface area (Å²) in [5.74, 6) is -0.612. The Morgan fingerprint density at radius 2 is 0.956 bits per heavy atom. The summed E-state index contributed by atoms with van der Waals surface area (Å²) in [5, 5.41) is 2.99. The van der Waals surface area contributed by atoms with Gasteiger partial charge in [0.2, 0.25) is 5.91 Å². The largest absolute Gasteiger partial charge is 0.472 e. The van der Waals surface area contributed by atoms with Crippen LogP contribution in [0.3, 0.4) is 0 Å². The third-order valence-corrected chi connectivity index (χ3v) is 11.9. The smallest absolute Gasteiger partial charge is 0.456 e. The van der Waals surface area contributed by atoms with Crippen molar-refractivity contribution in [3.05, 3.63) is 109 Å². The molecule has 3 unspecified atom stereocenters. The summed E-state index contributed by atoms with van der Waals surface area (Å²) in [6.45, 7) is 6.68. The number of hydrogen-bond acceptors (Lipinski definition) is 6. The summed E-state index contributed by atoms with van der Waals surface area (Å²) in [6.07, 6.45) is 63.8. The molecule has 68 heavy (non-hydrogen) atoms. The van der Waals surface area contributed by atoms with Crippen molar-refractivity contribution in [1.82, 2.24) is 5.32 Å². The molecule has 0 saturated heterocycles. The molecule has 0 saturated carbocycles. The summed E-state index contributed by atoms with van der Waals surface area (Å²) >= 11 is 0. The standard InChI is InChI=1S/C58H99N2O7P/c1-7-10-13-16-19-22-25-27-29-30-31-32-35-38-41-44-47-50-57(61)59-55(54-66-68(63,64)65-53-52-60(4,5)6)56(49-46-43-40-37-34-24-21-18-15-12-9-3)67-58(62)51-48-45-42-39-36-33-28-26-23-20-17-14-11-8-2/h10-11,13-14,19-20,22-23,27-29,31-33,38,41,46,49,55-56H,7-9,12,15-18,21,24-26,30,34-37,39-40,42-45,47-48,50-54H2,1-6H3,(H-,59,61,63,64)/p+1/b13-10-,14-11+,22-19-,23-20+,29-27-,32-31-,33-28+,41-38-,49-46+. The van der Waals surface area contributed by atoms with Crippen molar-refractivity contribution in [2.45, 2.75) is 206 Å². The minimum absolute atomic E-state index is 0.0198. The zero-order valence-electron chi connectivity index (χ0n) is 44.1. The Kier molecular flexibility index (Phi) is 45.0. The number of carbonyl (C=O) groups is 2. The summed E-state index contributed by atoms with van der Waals surface area (Å²) in [6, 6.07) is -0.892. The van der Waals surface area contributed by atoms with E-state index in [4.69, 9.17) is 13.8 Å². The third-order valence-electron chi connectivity index (χ3n) is 11.0. The van der Waals surface area contributed by atoms with Crippen molar-refractivity contribution in [3.63, 3.8) is 0 Å². The second kappa shape index (κ2) is 47.4. The fraction of sp³-hybridized carbons (Fsp3) is 0.655. The molecule has 0 bridgehead atoms. The van der Waals surface area contributed by atoms with Gasteiger partial charge in [-0.25, -0.2) is 4.57 Å². The number of carbonyl (C=O) groups excluding carboxylic acids is 2. The van der Waals surface area contributed by atoms with Crippen LogP contribution in [0.1, 0.15) is 194 Å². The molecule has 0 rings (SSSR count). The molecule has 0 heterocycles. The van der Waals surface area contributed by atoms with E-state index in [9.17, 15) is 19.0 Å². The van der Waals surface area contributed by atoms with Gasteiger partial charge in [-0.2, -0.15) is 0 Å². The molecule has 0 radical (unpaired) electrons. The Morgan fingerprint density at radius 3 is 1.44 bits per heavy atom. The van der Waals surface area contributed by atoms with E-state index in [2.05, 4.69) is 123 Å². The number of allylic oxidation sites excluding steroid dienone is 17. The highest BCUT2D eigenvalue weighted by Crippen LogP contribution is 2.43. The average molecular weight is 968 g/mol. The number of unbranched alkanes of at least 4 members (excludes halogenated alkanes) is 14. The first kappa shape index (κ1) is 64.7. The van der Waals surface area contributed by atoms with E-state index < -0.39 is 20.0 Å². The van der Waals surface area contributed by atoms with Gasteiger partial charge in [0, 0.05) is 12.8 Å². The van der Waals surface area contributed by atoms with Gasteiger partial charge in [-0.05, 0) is 102 Å². The maximum absolute atomic E-state index is 13.4. The summed E-state index contributed by atoms with van der Waals surface area (Å²) in [4.78, 5) is 37.4.